The van der Waals surface area contributed by atoms with Crippen LogP contribution in [-0.4, -0.2) is 61.0 Å². The molecule has 0 spiro atoms. The molecule has 1 aliphatic heterocycles. The number of carbonyl (C=O) groups excluding carboxylic acids is 2. The molecule has 1 fully saturated rings. The molecule has 0 saturated carbocycles. The van der Waals surface area contributed by atoms with Crippen molar-refractivity contribution < 1.29 is 9.59 Å². The van der Waals surface area contributed by atoms with Gasteiger partial charge in [0, 0.05) is 49.5 Å². The summed E-state index contributed by atoms with van der Waals surface area (Å²) in [5, 5.41) is 6.36. The number of hydrogen-bond acceptors (Lipinski definition) is 5. The van der Waals surface area contributed by atoms with Gasteiger partial charge in [-0.05, 0) is 55.3 Å². The fourth-order valence-electron chi connectivity index (χ4n) is 3.60. The van der Waals surface area contributed by atoms with E-state index < -0.39 is 6.04 Å². The van der Waals surface area contributed by atoms with Crippen molar-refractivity contribution in [3.63, 3.8) is 0 Å². The van der Waals surface area contributed by atoms with E-state index in [2.05, 4.69) is 32.5 Å². The molecule has 2 heterocycles. The molecule has 2 N–H and O–H groups in total. The van der Waals surface area contributed by atoms with Gasteiger partial charge < -0.3 is 20.4 Å². The van der Waals surface area contributed by atoms with Crippen LogP contribution >= 0.6 is 11.6 Å². The van der Waals surface area contributed by atoms with Crippen molar-refractivity contribution in [1.29, 1.82) is 0 Å². The number of halogens is 1. The average molecular weight is 458 g/mol. The molecule has 1 aliphatic rings. The number of benzene rings is 1. The molecule has 0 radical (unpaired) electrons. The smallest absolute Gasteiger partial charge is 0.251 e. The van der Waals surface area contributed by atoms with Crippen LogP contribution in [0.1, 0.15) is 36.2 Å². The topological polar surface area (TPSA) is 77.6 Å². The molecule has 0 bridgehead atoms. The number of rotatable bonds is 8. The van der Waals surface area contributed by atoms with E-state index in [4.69, 9.17) is 11.6 Å². The summed E-state index contributed by atoms with van der Waals surface area (Å²) in [6.45, 7) is 8.39. The Morgan fingerprint density at radius 3 is 2.34 bits per heavy atom. The third-order valence-corrected chi connectivity index (χ3v) is 5.79. The standard InChI is InChI=1S/C24H32ClN5O2/c1-17(2)14-21(28-23(31)19-5-7-20(25)8-6-19)24(32)27-16-18-4-9-22(26-15-18)30-12-10-29(3)11-13-30/h4-9,15,17,21H,10-14,16H2,1-3H3,(H,27,32)(H,28,31). The number of amides is 2. The fourth-order valence-corrected chi connectivity index (χ4v) is 3.73. The van der Waals surface area contributed by atoms with E-state index in [9.17, 15) is 9.59 Å². The summed E-state index contributed by atoms with van der Waals surface area (Å²) >= 11 is 5.89. The molecule has 1 aromatic heterocycles. The largest absolute Gasteiger partial charge is 0.354 e. The average Bonchev–Trinajstić information content (AvgIpc) is 2.78. The van der Waals surface area contributed by atoms with Crippen LogP contribution in [0.4, 0.5) is 5.82 Å². The van der Waals surface area contributed by atoms with Gasteiger partial charge in [0.25, 0.3) is 5.91 Å². The zero-order valence-corrected chi connectivity index (χ0v) is 19.7. The van der Waals surface area contributed by atoms with Crippen LogP contribution in [0.25, 0.3) is 0 Å². The molecule has 1 atom stereocenters. The van der Waals surface area contributed by atoms with Crippen LogP contribution < -0.4 is 15.5 Å². The first-order valence-corrected chi connectivity index (χ1v) is 11.4. The predicted molar refractivity (Wildman–Crippen MR) is 128 cm³/mol. The summed E-state index contributed by atoms with van der Waals surface area (Å²) in [7, 11) is 2.13. The SMILES string of the molecule is CC(C)CC(NC(=O)c1ccc(Cl)cc1)C(=O)NCc1ccc(N2CCN(C)CC2)nc1. The number of aromatic nitrogens is 1. The van der Waals surface area contributed by atoms with Crippen molar-refractivity contribution in [1.82, 2.24) is 20.5 Å². The Morgan fingerprint density at radius 1 is 1.06 bits per heavy atom. The Balaban J connectivity index is 1.56. The minimum atomic E-state index is -0.615. The third-order valence-electron chi connectivity index (χ3n) is 5.54. The van der Waals surface area contributed by atoms with E-state index >= 15 is 0 Å². The zero-order chi connectivity index (χ0) is 23.1. The minimum Gasteiger partial charge on any atom is -0.354 e. The molecular weight excluding hydrogens is 426 g/mol. The lowest BCUT2D eigenvalue weighted by molar-refractivity contribution is -0.123. The van der Waals surface area contributed by atoms with E-state index in [1.165, 1.54) is 0 Å². The Bertz CT molecular complexity index is 894. The quantitative estimate of drug-likeness (QED) is 0.637. The summed E-state index contributed by atoms with van der Waals surface area (Å²) in [6.07, 6.45) is 2.35. The summed E-state index contributed by atoms with van der Waals surface area (Å²) < 4.78 is 0. The lowest BCUT2D eigenvalue weighted by atomic mass is 10.0. The van der Waals surface area contributed by atoms with E-state index in [1.54, 1.807) is 30.5 Å². The van der Waals surface area contributed by atoms with E-state index in [0.29, 0.717) is 23.6 Å². The molecule has 1 unspecified atom stereocenters. The highest BCUT2D eigenvalue weighted by Crippen LogP contribution is 2.14. The predicted octanol–water partition coefficient (Wildman–Crippen LogP) is 2.95. The van der Waals surface area contributed by atoms with Gasteiger partial charge in [-0.25, -0.2) is 4.98 Å². The Hall–Kier alpha value is -2.64. The number of anilines is 1. The van der Waals surface area contributed by atoms with E-state index in [0.717, 1.165) is 37.6 Å². The van der Waals surface area contributed by atoms with Gasteiger partial charge in [0.1, 0.15) is 11.9 Å². The van der Waals surface area contributed by atoms with Crippen molar-refractivity contribution >= 4 is 29.2 Å². The van der Waals surface area contributed by atoms with Crippen molar-refractivity contribution in [3.8, 4) is 0 Å². The van der Waals surface area contributed by atoms with Gasteiger partial charge in [-0.1, -0.05) is 31.5 Å². The Labute approximate surface area is 195 Å². The normalized spacial score (nSPS) is 15.5. The van der Waals surface area contributed by atoms with E-state index in [1.807, 2.05) is 26.0 Å². The molecular formula is C24H32ClN5O2. The molecule has 3 rings (SSSR count). The van der Waals surface area contributed by atoms with Crippen LogP contribution in [0.2, 0.25) is 5.02 Å². The van der Waals surface area contributed by atoms with Crippen LogP contribution in [0.5, 0.6) is 0 Å². The van der Waals surface area contributed by atoms with Gasteiger partial charge in [-0.2, -0.15) is 0 Å². The van der Waals surface area contributed by atoms with Gasteiger partial charge in [0.05, 0.1) is 0 Å². The second-order valence-corrected chi connectivity index (χ2v) is 9.13. The Morgan fingerprint density at radius 2 is 1.75 bits per heavy atom. The molecule has 0 aliphatic carbocycles. The van der Waals surface area contributed by atoms with Crippen molar-refractivity contribution in [2.45, 2.75) is 32.9 Å². The highest BCUT2D eigenvalue weighted by Gasteiger charge is 2.22. The maximum absolute atomic E-state index is 12.8. The van der Waals surface area contributed by atoms with Crippen molar-refractivity contribution in [2.75, 3.05) is 38.1 Å². The maximum Gasteiger partial charge on any atom is 0.251 e. The molecule has 2 aromatic rings. The van der Waals surface area contributed by atoms with E-state index in [-0.39, 0.29) is 17.7 Å². The second kappa shape index (κ2) is 11.3. The molecule has 8 heteroatoms. The van der Waals surface area contributed by atoms with Crippen LogP contribution in [0.15, 0.2) is 42.6 Å². The summed E-state index contributed by atoms with van der Waals surface area (Å²) in [6, 6.07) is 9.99. The number of likely N-dealkylation sites (N-methyl/N-ethyl adjacent to an activating group) is 1. The zero-order valence-electron chi connectivity index (χ0n) is 19.0. The highest BCUT2D eigenvalue weighted by atomic mass is 35.5. The summed E-state index contributed by atoms with van der Waals surface area (Å²) in [5.41, 5.74) is 1.39. The number of nitrogens with one attached hydrogen (secondary N) is 2. The van der Waals surface area contributed by atoms with Crippen LogP contribution in [0, 0.1) is 5.92 Å². The van der Waals surface area contributed by atoms with Gasteiger partial charge in [0.2, 0.25) is 5.91 Å². The number of hydrogen-bond donors (Lipinski definition) is 2. The first-order chi connectivity index (χ1) is 15.3. The molecule has 172 valence electrons. The second-order valence-electron chi connectivity index (χ2n) is 8.70. The molecule has 2 amide bonds. The lowest BCUT2D eigenvalue weighted by Crippen LogP contribution is -2.47. The first kappa shape index (κ1) is 24.0. The monoisotopic (exact) mass is 457 g/mol. The fraction of sp³-hybridized carbons (Fsp3) is 0.458. The third kappa shape index (κ3) is 6.93. The van der Waals surface area contributed by atoms with Crippen LogP contribution in [0.3, 0.4) is 0 Å². The van der Waals surface area contributed by atoms with Gasteiger partial charge in [-0.15, -0.1) is 0 Å². The van der Waals surface area contributed by atoms with Gasteiger partial charge in [0.15, 0.2) is 0 Å². The summed E-state index contributed by atoms with van der Waals surface area (Å²) in [5.74, 6) is 0.715. The number of nitrogens with zero attached hydrogens (tertiary/aromatic N) is 3. The summed E-state index contributed by atoms with van der Waals surface area (Å²) in [4.78, 5) is 34.6. The lowest BCUT2D eigenvalue weighted by Gasteiger charge is -2.33. The first-order valence-electron chi connectivity index (χ1n) is 11.0. The number of carbonyl (C=O) groups is 2. The minimum absolute atomic E-state index is 0.204. The highest BCUT2D eigenvalue weighted by molar-refractivity contribution is 6.30. The molecule has 7 nitrogen and oxygen atoms in total. The molecule has 1 aromatic carbocycles. The maximum atomic E-state index is 12.8. The number of piperazine rings is 1. The molecule has 1 saturated heterocycles. The van der Waals surface area contributed by atoms with Crippen LogP contribution in [-0.2, 0) is 11.3 Å². The Kier molecular flexibility index (Phi) is 8.47. The molecule has 32 heavy (non-hydrogen) atoms. The van der Waals surface area contributed by atoms with Gasteiger partial charge >= 0.3 is 0 Å². The van der Waals surface area contributed by atoms with Crippen molar-refractivity contribution in [2.24, 2.45) is 5.92 Å². The van der Waals surface area contributed by atoms with Crippen molar-refractivity contribution in [3.05, 3.63) is 58.7 Å². The number of pyridine rings is 1. The van der Waals surface area contributed by atoms with Gasteiger partial charge in [-0.3, -0.25) is 9.59 Å².